The van der Waals surface area contributed by atoms with Gasteiger partial charge in [-0.25, -0.2) is 4.39 Å². The molecular formula is C15H9FN2O. The number of ether oxygens (including phenoxy) is 1. The summed E-state index contributed by atoms with van der Waals surface area (Å²) in [6, 6.07) is 14.7. The van der Waals surface area contributed by atoms with E-state index in [2.05, 4.69) is 0 Å². The van der Waals surface area contributed by atoms with Gasteiger partial charge >= 0.3 is 0 Å². The Kier molecular flexibility index (Phi) is 3.75. The second-order valence-corrected chi connectivity index (χ2v) is 3.85. The highest BCUT2D eigenvalue weighted by atomic mass is 19.1. The number of benzene rings is 2. The highest BCUT2D eigenvalue weighted by molar-refractivity contribution is 5.37. The van der Waals surface area contributed by atoms with Gasteiger partial charge in [0.25, 0.3) is 0 Å². The molecule has 4 heteroatoms. The van der Waals surface area contributed by atoms with E-state index in [-0.39, 0.29) is 6.61 Å². The molecule has 2 aromatic rings. The Morgan fingerprint density at radius 3 is 2.47 bits per heavy atom. The molecule has 2 aromatic carbocycles. The molecule has 0 spiro atoms. The second-order valence-electron chi connectivity index (χ2n) is 3.85. The van der Waals surface area contributed by atoms with Crippen molar-refractivity contribution in [3.63, 3.8) is 0 Å². The fourth-order valence-electron chi connectivity index (χ4n) is 1.57. The standard InChI is InChI=1S/C15H9FN2O/c16-15-5-4-12(9-18)6-13(15)10-19-14-3-1-2-11(7-14)8-17/h1-7H,10H2. The first-order chi connectivity index (χ1) is 9.22. The molecule has 0 N–H and O–H groups in total. The van der Waals surface area contributed by atoms with E-state index >= 15 is 0 Å². The van der Waals surface area contributed by atoms with Crippen LogP contribution in [0.25, 0.3) is 0 Å². The smallest absolute Gasteiger partial charge is 0.129 e. The summed E-state index contributed by atoms with van der Waals surface area (Å²) in [6.07, 6.45) is 0. The predicted octanol–water partition coefficient (Wildman–Crippen LogP) is 3.15. The van der Waals surface area contributed by atoms with Crippen LogP contribution in [-0.4, -0.2) is 0 Å². The maximum Gasteiger partial charge on any atom is 0.129 e. The van der Waals surface area contributed by atoms with E-state index in [1.807, 2.05) is 12.1 Å². The molecule has 0 fully saturated rings. The van der Waals surface area contributed by atoms with Gasteiger partial charge in [-0.3, -0.25) is 0 Å². The largest absolute Gasteiger partial charge is 0.489 e. The average molecular weight is 252 g/mol. The molecule has 0 heterocycles. The Labute approximate surface area is 110 Å². The van der Waals surface area contributed by atoms with Crippen LogP contribution in [-0.2, 0) is 6.61 Å². The van der Waals surface area contributed by atoms with E-state index in [4.69, 9.17) is 15.3 Å². The van der Waals surface area contributed by atoms with Gasteiger partial charge in [-0.1, -0.05) is 6.07 Å². The quantitative estimate of drug-likeness (QED) is 0.843. The monoisotopic (exact) mass is 252 g/mol. The number of halogens is 1. The Balaban J connectivity index is 2.14. The van der Waals surface area contributed by atoms with Crippen LogP contribution in [0.3, 0.4) is 0 Å². The number of rotatable bonds is 3. The maximum atomic E-state index is 13.5. The summed E-state index contributed by atoms with van der Waals surface area (Å²) < 4.78 is 18.9. The van der Waals surface area contributed by atoms with Gasteiger partial charge in [0.2, 0.25) is 0 Å². The third-order valence-electron chi connectivity index (χ3n) is 2.53. The van der Waals surface area contributed by atoms with E-state index in [0.717, 1.165) is 0 Å². The van der Waals surface area contributed by atoms with Crippen molar-refractivity contribution in [2.24, 2.45) is 0 Å². The third-order valence-corrected chi connectivity index (χ3v) is 2.53. The van der Waals surface area contributed by atoms with Gasteiger partial charge in [0.1, 0.15) is 18.2 Å². The van der Waals surface area contributed by atoms with Gasteiger partial charge in [0.15, 0.2) is 0 Å². The average Bonchev–Trinajstić information content (AvgIpc) is 2.46. The normalized spacial score (nSPS) is 9.42. The van der Waals surface area contributed by atoms with Crippen molar-refractivity contribution >= 4 is 0 Å². The molecule has 0 atom stereocenters. The van der Waals surface area contributed by atoms with Crippen LogP contribution in [0.1, 0.15) is 16.7 Å². The van der Waals surface area contributed by atoms with Crippen LogP contribution in [0.4, 0.5) is 4.39 Å². The van der Waals surface area contributed by atoms with Crippen molar-refractivity contribution in [3.8, 4) is 17.9 Å². The highest BCUT2D eigenvalue weighted by Gasteiger charge is 2.05. The number of hydrogen-bond acceptors (Lipinski definition) is 3. The molecule has 0 aliphatic carbocycles. The first-order valence-electron chi connectivity index (χ1n) is 5.54. The zero-order valence-corrected chi connectivity index (χ0v) is 9.93. The summed E-state index contributed by atoms with van der Waals surface area (Å²) in [6.45, 7) is 0.0102. The summed E-state index contributed by atoms with van der Waals surface area (Å²) in [4.78, 5) is 0. The molecule has 0 bridgehead atoms. The fraction of sp³-hybridized carbons (Fsp3) is 0.0667. The van der Waals surface area contributed by atoms with Crippen LogP contribution >= 0.6 is 0 Å². The van der Waals surface area contributed by atoms with E-state index < -0.39 is 5.82 Å². The molecule has 0 amide bonds. The summed E-state index contributed by atoms with van der Waals surface area (Å²) in [5, 5.41) is 17.5. The molecule has 0 aliphatic heterocycles. The molecule has 0 aliphatic rings. The Hall–Kier alpha value is -2.85. The van der Waals surface area contributed by atoms with Crippen LogP contribution < -0.4 is 4.74 Å². The van der Waals surface area contributed by atoms with Crippen molar-refractivity contribution < 1.29 is 9.13 Å². The molecule has 3 nitrogen and oxygen atoms in total. The second kappa shape index (κ2) is 5.66. The minimum Gasteiger partial charge on any atom is -0.489 e. The lowest BCUT2D eigenvalue weighted by atomic mass is 10.1. The maximum absolute atomic E-state index is 13.5. The molecule has 0 aromatic heterocycles. The van der Waals surface area contributed by atoms with Crippen molar-refractivity contribution in [2.75, 3.05) is 0 Å². The molecule has 2 rings (SSSR count). The zero-order valence-electron chi connectivity index (χ0n) is 9.93. The first kappa shape index (κ1) is 12.6. The van der Waals surface area contributed by atoms with Gasteiger partial charge in [-0.05, 0) is 36.4 Å². The molecule has 92 valence electrons. The third kappa shape index (κ3) is 3.08. The Bertz CT molecular complexity index is 683. The number of hydrogen-bond donors (Lipinski definition) is 0. The summed E-state index contributed by atoms with van der Waals surface area (Å²) in [5.74, 6) is 0.0660. The zero-order chi connectivity index (χ0) is 13.7. The van der Waals surface area contributed by atoms with Crippen molar-refractivity contribution in [1.29, 1.82) is 10.5 Å². The molecular weight excluding hydrogens is 243 g/mol. The van der Waals surface area contributed by atoms with E-state index in [1.165, 1.54) is 18.2 Å². The molecule has 0 radical (unpaired) electrons. The van der Waals surface area contributed by atoms with Gasteiger partial charge in [0, 0.05) is 5.56 Å². The van der Waals surface area contributed by atoms with E-state index in [0.29, 0.717) is 22.4 Å². The summed E-state index contributed by atoms with van der Waals surface area (Å²) in [7, 11) is 0. The lowest BCUT2D eigenvalue weighted by molar-refractivity contribution is 0.299. The van der Waals surface area contributed by atoms with Crippen molar-refractivity contribution in [2.45, 2.75) is 6.61 Å². The topological polar surface area (TPSA) is 56.8 Å². The van der Waals surface area contributed by atoms with Crippen LogP contribution in [0.5, 0.6) is 5.75 Å². The van der Waals surface area contributed by atoms with Crippen molar-refractivity contribution in [3.05, 3.63) is 65.0 Å². The van der Waals surface area contributed by atoms with Gasteiger partial charge in [-0.2, -0.15) is 10.5 Å². The van der Waals surface area contributed by atoms with Crippen LogP contribution in [0.2, 0.25) is 0 Å². The van der Waals surface area contributed by atoms with E-state index in [1.54, 1.807) is 24.3 Å². The van der Waals surface area contributed by atoms with Gasteiger partial charge in [-0.15, -0.1) is 0 Å². The minimum atomic E-state index is -0.421. The lowest BCUT2D eigenvalue weighted by Gasteiger charge is -2.07. The molecule has 0 saturated carbocycles. The minimum absolute atomic E-state index is 0.0102. The van der Waals surface area contributed by atoms with Crippen LogP contribution in [0.15, 0.2) is 42.5 Å². The van der Waals surface area contributed by atoms with E-state index in [9.17, 15) is 4.39 Å². The summed E-state index contributed by atoms with van der Waals surface area (Å²) in [5.41, 5.74) is 1.16. The Morgan fingerprint density at radius 2 is 1.74 bits per heavy atom. The Morgan fingerprint density at radius 1 is 1.00 bits per heavy atom. The van der Waals surface area contributed by atoms with Gasteiger partial charge < -0.3 is 4.74 Å². The lowest BCUT2D eigenvalue weighted by Crippen LogP contribution is -1.99. The number of nitrogens with zero attached hydrogens (tertiary/aromatic N) is 2. The molecule has 0 unspecified atom stereocenters. The van der Waals surface area contributed by atoms with Gasteiger partial charge in [0.05, 0.1) is 23.3 Å². The number of nitriles is 2. The van der Waals surface area contributed by atoms with Crippen LogP contribution in [0, 0.1) is 28.5 Å². The molecule has 19 heavy (non-hydrogen) atoms. The summed E-state index contributed by atoms with van der Waals surface area (Å²) >= 11 is 0. The SMILES string of the molecule is N#Cc1cccc(OCc2cc(C#N)ccc2F)c1. The van der Waals surface area contributed by atoms with Crippen molar-refractivity contribution in [1.82, 2.24) is 0 Å². The predicted molar refractivity (Wildman–Crippen MR) is 66.6 cm³/mol. The molecule has 0 saturated heterocycles. The first-order valence-corrected chi connectivity index (χ1v) is 5.54. The highest BCUT2D eigenvalue weighted by Crippen LogP contribution is 2.16. The fourth-order valence-corrected chi connectivity index (χ4v) is 1.57.